The number of aryl methyl sites for hydroxylation is 1. The Morgan fingerprint density at radius 2 is 1.18 bits per heavy atom. The topological polar surface area (TPSA) is 130 Å². The van der Waals surface area contributed by atoms with Gasteiger partial charge in [0.1, 0.15) is 50.1 Å². The quantitative estimate of drug-likeness (QED) is 0.0741. The van der Waals surface area contributed by atoms with Crippen LogP contribution in [0.3, 0.4) is 0 Å². The summed E-state index contributed by atoms with van der Waals surface area (Å²) in [7, 11) is 0. The molecule has 2 N–H and O–H groups in total. The number of rotatable bonds is 22. The van der Waals surface area contributed by atoms with E-state index in [2.05, 4.69) is 73.6 Å². The molecule has 4 fully saturated rings. The third-order valence-corrected chi connectivity index (χ3v) is 19.3. The molecule has 0 amide bonds. The van der Waals surface area contributed by atoms with Crippen molar-refractivity contribution in [1.29, 1.82) is 0 Å². The van der Waals surface area contributed by atoms with E-state index in [0.29, 0.717) is 44.2 Å². The van der Waals surface area contributed by atoms with Crippen molar-refractivity contribution in [3.05, 3.63) is 94.5 Å². The molecule has 0 spiro atoms. The summed E-state index contributed by atoms with van der Waals surface area (Å²) in [6.45, 7) is 19.5. The first-order chi connectivity index (χ1) is 34.9. The van der Waals surface area contributed by atoms with Crippen LogP contribution in [-0.4, -0.2) is 87.2 Å². The minimum atomic E-state index is -0.916. The molecule has 10 nitrogen and oxygen atoms in total. The Morgan fingerprint density at radius 1 is 0.616 bits per heavy atom. The highest BCUT2D eigenvalue weighted by atomic mass is 16.6. The van der Waals surface area contributed by atoms with Gasteiger partial charge < -0.3 is 38.6 Å². The predicted octanol–water partition coefficient (Wildman–Crippen LogP) is 12.0. The van der Waals surface area contributed by atoms with Crippen LogP contribution < -0.4 is 9.47 Å². The molecule has 5 aliphatic carbocycles. The molecule has 4 saturated carbocycles. The van der Waals surface area contributed by atoms with Gasteiger partial charge in [0.25, 0.3) is 0 Å². The summed E-state index contributed by atoms with van der Waals surface area (Å²) in [6.07, 6.45) is 13.1. The number of aliphatic hydroxyl groups excluding tert-OH is 2. The summed E-state index contributed by atoms with van der Waals surface area (Å²) >= 11 is 0. The van der Waals surface area contributed by atoms with Gasteiger partial charge in [-0.05, 0) is 195 Å². The molecule has 3 aromatic carbocycles. The van der Waals surface area contributed by atoms with E-state index in [-0.39, 0.29) is 55.1 Å². The fraction of sp³-hybridized carbons (Fsp3) is 0.683. The van der Waals surface area contributed by atoms with Crippen molar-refractivity contribution in [3.8, 4) is 11.5 Å². The van der Waals surface area contributed by atoms with Gasteiger partial charge in [0, 0.05) is 0 Å². The number of hydrogen-bond donors (Lipinski definition) is 2. The lowest BCUT2D eigenvalue weighted by molar-refractivity contribution is -0.182. The zero-order valence-electron chi connectivity index (χ0n) is 45.8. The second-order valence-electron chi connectivity index (χ2n) is 24.8. The first-order valence-corrected chi connectivity index (χ1v) is 28.4. The first kappa shape index (κ1) is 55.3. The maximum absolute atomic E-state index is 13.8. The molecular formula is C63H90O10. The van der Waals surface area contributed by atoms with Crippen LogP contribution in [0.1, 0.15) is 166 Å². The SMILES string of the molecule is CC(C)c1ccc2c(c1)CCC1C(C)(C(=O)OCC(O)COCCOc3ccc(Cc4ccc(OCCOCC(O)COC(=O)C5(C)CCCC6(C)C7CCC(C(C)C)CC7CCC56)cc4)cc3)CCCC21C. The van der Waals surface area contributed by atoms with Crippen LogP contribution in [0.5, 0.6) is 11.5 Å². The highest BCUT2D eigenvalue weighted by molar-refractivity contribution is 5.78. The lowest BCUT2D eigenvalue weighted by atomic mass is 9.43. The smallest absolute Gasteiger partial charge is 0.312 e. The molecule has 3 aromatic rings. The molecule has 11 atom stereocenters. The van der Waals surface area contributed by atoms with Crippen LogP contribution in [0.15, 0.2) is 66.7 Å². The van der Waals surface area contributed by atoms with E-state index in [9.17, 15) is 19.8 Å². The van der Waals surface area contributed by atoms with Crippen LogP contribution in [0.2, 0.25) is 0 Å². The van der Waals surface area contributed by atoms with E-state index in [4.69, 9.17) is 28.4 Å². The average Bonchev–Trinajstić information content (AvgIpc) is 3.37. The van der Waals surface area contributed by atoms with Crippen molar-refractivity contribution in [2.45, 2.75) is 169 Å². The van der Waals surface area contributed by atoms with Gasteiger partial charge in [0.2, 0.25) is 0 Å². The van der Waals surface area contributed by atoms with Crippen molar-refractivity contribution < 1.29 is 48.2 Å². The largest absolute Gasteiger partial charge is 0.491 e. The Morgan fingerprint density at radius 3 is 1.74 bits per heavy atom. The molecule has 8 rings (SSSR count). The number of hydrogen-bond acceptors (Lipinski definition) is 10. The molecule has 402 valence electrons. The highest BCUT2D eigenvalue weighted by Gasteiger charge is 2.60. The van der Waals surface area contributed by atoms with Crippen LogP contribution >= 0.6 is 0 Å². The number of aliphatic hydroxyl groups is 2. The van der Waals surface area contributed by atoms with Crippen LogP contribution in [0.25, 0.3) is 0 Å². The standard InChI is InChI=1S/C63H90O10/c1-42(2)46-15-23-54-48(36-46)17-25-56-60(54,5)27-9-29-62(56,7)58(66)72-40-50(64)38-68-31-33-70-52-19-11-44(12-20-52)35-45-13-21-53(22-14-45)71-34-32-69-39-51(65)41-73-59(67)63(8)30-10-28-61(6)55-24-16-47(43(3)4)37-49(55)18-26-57(61)63/h11-15,19-23,36,42-43,47,49-51,55-57,64-65H,9-10,16-18,24-35,37-41H2,1-8H3. The van der Waals surface area contributed by atoms with Gasteiger partial charge in [-0.15, -0.1) is 0 Å². The highest BCUT2D eigenvalue weighted by Crippen LogP contribution is 2.65. The Bertz CT molecular complexity index is 2280. The molecule has 73 heavy (non-hydrogen) atoms. The second-order valence-corrected chi connectivity index (χ2v) is 24.8. The summed E-state index contributed by atoms with van der Waals surface area (Å²) in [5.74, 6) is 5.18. The third-order valence-electron chi connectivity index (χ3n) is 19.3. The number of carbonyl (C=O) groups is 2. The minimum Gasteiger partial charge on any atom is -0.491 e. The van der Waals surface area contributed by atoms with Crippen LogP contribution in [0.4, 0.5) is 0 Å². The number of fused-ring (bicyclic) bond motifs is 6. The molecule has 0 radical (unpaired) electrons. The van der Waals surface area contributed by atoms with Crippen LogP contribution in [-0.2, 0) is 46.8 Å². The van der Waals surface area contributed by atoms with Crippen molar-refractivity contribution in [1.82, 2.24) is 0 Å². The molecule has 0 aliphatic heterocycles. The minimum absolute atomic E-state index is 0.0556. The van der Waals surface area contributed by atoms with E-state index >= 15 is 0 Å². The van der Waals surface area contributed by atoms with E-state index < -0.39 is 23.0 Å². The van der Waals surface area contributed by atoms with E-state index in [0.717, 1.165) is 98.2 Å². The van der Waals surface area contributed by atoms with Gasteiger partial charge in [-0.25, -0.2) is 0 Å². The molecule has 0 aromatic heterocycles. The zero-order valence-corrected chi connectivity index (χ0v) is 45.8. The molecule has 0 saturated heterocycles. The Kier molecular flexibility index (Phi) is 18.1. The normalized spacial score (nSPS) is 30.5. The van der Waals surface area contributed by atoms with Gasteiger partial charge in [0.05, 0.1) is 37.3 Å². The van der Waals surface area contributed by atoms with E-state index in [1.54, 1.807) is 0 Å². The average molecular weight is 1010 g/mol. The number of carbonyl (C=O) groups excluding carboxylic acids is 2. The molecule has 0 bridgehead atoms. The molecule has 10 heteroatoms. The molecule has 11 unspecified atom stereocenters. The van der Waals surface area contributed by atoms with Gasteiger partial charge in [0.15, 0.2) is 0 Å². The fourth-order valence-corrected chi connectivity index (χ4v) is 15.1. The van der Waals surface area contributed by atoms with Gasteiger partial charge >= 0.3 is 11.9 Å². The molecule has 0 heterocycles. The fourth-order valence-electron chi connectivity index (χ4n) is 15.1. The Hall–Kier alpha value is -3.96. The van der Waals surface area contributed by atoms with Crippen molar-refractivity contribution in [3.63, 3.8) is 0 Å². The van der Waals surface area contributed by atoms with E-state index in [1.807, 2.05) is 48.5 Å². The summed E-state index contributed by atoms with van der Waals surface area (Å²) < 4.78 is 34.9. The third kappa shape index (κ3) is 12.5. The Labute approximate surface area is 438 Å². The zero-order chi connectivity index (χ0) is 52.0. The lowest BCUT2D eigenvalue weighted by Crippen LogP contribution is -2.56. The van der Waals surface area contributed by atoms with Gasteiger partial charge in [-0.2, -0.15) is 0 Å². The van der Waals surface area contributed by atoms with Crippen molar-refractivity contribution in [2.24, 2.45) is 51.8 Å². The van der Waals surface area contributed by atoms with Gasteiger partial charge in [-0.1, -0.05) is 96.8 Å². The summed E-state index contributed by atoms with van der Waals surface area (Å²) in [5.41, 5.74) is 5.49. The maximum Gasteiger partial charge on any atom is 0.312 e. The lowest BCUT2D eigenvalue weighted by Gasteiger charge is -2.61. The molecular weight excluding hydrogens is 917 g/mol. The molecule has 5 aliphatic rings. The van der Waals surface area contributed by atoms with Crippen LogP contribution in [0, 0.1) is 51.8 Å². The number of benzene rings is 3. The predicted molar refractivity (Wildman–Crippen MR) is 286 cm³/mol. The first-order valence-electron chi connectivity index (χ1n) is 28.4. The second kappa shape index (κ2) is 23.9. The summed E-state index contributed by atoms with van der Waals surface area (Å²) in [4.78, 5) is 27.5. The van der Waals surface area contributed by atoms with Crippen molar-refractivity contribution >= 4 is 11.9 Å². The van der Waals surface area contributed by atoms with Gasteiger partial charge in [-0.3, -0.25) is 9.59 Å². The number of esters is 2. The maximum atomic E-state index is 13.8. The summed E-state index contributed by atoms with van der Waals surface area (Å²) in [6, 6.07) is 22.9. The van der Waals surface area contributed by atoms with E-state index in [1.165, 1.54) is 48.8 Å². The Balaban J connectivity index is 0.671. The monoisotopic (exact) mass is 1010 g/mol. The van der Waals surface area contributed by atoms with Crippen molar-refractivity contribution in [2.75, 3.05) is 52.9 Å². The number of ether oxygens (including phenoxy) is 6. The summed E-state index contributed by atoms with van der Waals surface area (Å²) in [5, 5.41) is 21.4.